The van der Waals surface area contributed by atoms with Crippen LogP contribution in [0.25, 0.3) is 0 Å². The Morgan fingerprint density at radius 2 is 1.06 bits per heavy atom. The van der Waals surface area contributed by atoms with Crippen LogP contribution in [0, 0.1) is 0 Å². The quantitative estimate of drug-likeness (QED) is 0.418. The minimum absolute atomic E-state index is 0. The van der Waals surface area contributed by atoms with Gasteiger partial charge < -0.3 is 35.1 Å². The van der Waals surface area contributed by atoms with Gasteiger partial charge in [-0.25, -0.2) is 0 Å². The van der Waals surface area contributed by atoms with Gasteiger partial charge in [-0.3, -0.25) is 4.79 Å². The van der Waals surface area contributed by atoms with E-state index in [1.54, 1.807) is 0 Å². The molecule has 0 spiro atoms. The van der Waals surface area contributed by atoms with Crippen molar-refractivity contribution in [3.63, 3.8) is 0 Å². The first kappa shape index (κ1) is 25.2. The summed E-state index contributed by atoms with van der Waals surface area (Å²) in [6, 6.07) is 0. The summed E-state index contributed by atoms with van der Waals surface area (Å²) in [4.78, 5) is 28.3. The molecular weight excluding hydrogens is 246 g/mol. The standard InChI is InChI=1S/C4H6O6.C2H4O2.2Na/c5-1(3(7)8)2(6)4(9)10;1-2(3)4;;/h1-2,5-6H,(H,7,8)(H,9,10);1H3,(H,3,4);;/q;;2*+1/p-2. The molecule has 2 atom stereocenters. The zero-order valence-corrected chi connectivity index (χ0v) is 13.0. The number of aliphatic hydroxyl groups excluding tert-OH is 2. The number of hydrogen-bond donors (Lipinski definition) is 3. The van der Waals surface area contributed by atoms with Crippen molar-refractivity contribution < 1.29 is 99.0 Å². The van der Waals surface area contributed by atoms with Crippen LogP contribution in [0.1, 0.15) is 6.92 Å². The monoisotopic (exact) mass is 254 g/mol. The van der Waals surface area contributed by atoms with Crippen LogP contribution in [0.3, 0.4) is 0 Å². The van der Waals surface area contributed by atoms with Crippen LogP contribution in [0.15, 0.2) is 0 Å². The third kappa shape index (κ3) is 16.7. The topological polar surface area (TPSA) is 158 Å². The van der Waals surface area contributed by atoms with Crippen LogP contribution in [-0.2, 0) is 14.4 Å². The van der Waals surface area contributed by atoms with Gasteiger partial charge >= 0.3 is 59.1 Å². The van der Waals surface area contributed by atoms with Gasteiger partial charge in [0, 0.05) is 6.92 Å². The van der Waals surface area contributed by atoms with E-state index in [2.05, 4.69) is 0 Å². The van der Waals surface area contributed by atoms with E-state index in [1.807, 2.05) is 0 Å². The number of rotatable bonds is 3. The van der Waals surface area contributed by atoms with Gasteiger partial charge in [-0.15, -0.1) is 0 Å². The van der Waals surface area contributed by atoms with Crippen molar-refractivity contribution in [1.29, 1.82) is 0 Å². The molecule has 0 aliphatic heterocycles. The van der Waals surface area contributed by atoms with Crippen molar-refractivity contribution in [1.82, 2.24) is 0 Å². The summed E-state index contributed by atoms with van der Waals surface area (Å²) in [6.07, 6.45) is -4.88. The molecule has 0 rings (SSSR count). The van der Waals surface area contributed by atoms with Gasteiger partial charge in [0.2, 0.25) is 0 Å². The average molecular weight is 254 g/mol. The van der Waals surface area contributed by atoms with Crippen LogP contribution in [0.2, 0.25) is 0 Å². The Labute approximate surface area is 135 Å². The van der Waals surface area contributed by atoms with E-state index in [0.717, 1.165) is 6.92 Å². The van der Waals surface area contributed by atoms with Crippen LogP contribution in [-0.4, -0.2) is 45.4 Å². The molecule has 16 heavy (non-hydrogen) atoms. The van der Waals surface area contributed by atoms with Crippen molar-refractivity contribution in [2.24, 2.45) is 0 Å². The normalized spacial score (nSPS) is 11.4. The number of carboxylic acids is 3. The summed E-state index contributed by atoms with van der Waals surface area (Å²) in [5, 5.41) is 43.1. The number of carbonyl (C=O) groups excluding carboxylic acids is 2. The van der Waals surface area contributed by atoms with E-state index in [9.17, 15) is 19.8 Å². The first-order valence-electron chi connectivity index (χ1n) is 3.17. The molecule has 0 radical (unpaired) electrons. The average Bonchev–Trinajstić information content (AvgIpc) is 2.00. The van der Waals surface area contributed by atoms with Crippen molar-refractivity contribution in [3.05, 3.63) is 0 Å². The number of carbonyl (C=O) groups is 3. The zero-order valence-electron chi connectivity index (χ0n) is 9.04. The summed E-state index contributed by atoms with van der Waals surface area (Å²) in [5.41, 5.74) is 0. The molecular formula is C6H8Na2O8. The predicted molar refractivity (Wildman–Crippen MR) is 35.3 cm³/mol. The van der Waals surface area contributed by atoms with E-state index < -0.39 is 30.1 Å². The summed E-state index contributed by atoms with van der Waals surface area (Å²) in [6.45, 7) is 1.08. The second-order valence-electron chi connectivity index (χ2n) is 2.05. The molecule has 0 heterocycles. The van der Waals surface area contributed by atoms with Crippen molar-refractivity contribution in [2.45, 2.75) is 19.1 Å². The molecule has 0 saturated carbocycles. The summed E-state index contributed by atoms with van der Waals surface area (Å²) in [5.74, 6) is -4.95. The molecule has 0 saturated heterocycles. The van der Waals surface area contributed by atoms with E-state index in [-0.39, 0.29) is 59.1 Å². The Hall–Kier alpha value is 0.330. The molecule has 0 aliphatic carbocycles. The molecule has 0 aromatic carbocycles. The van der Waals surface area contributed by atoms with Crippen LogP contribution in [0.4, 0.5) is 0 Å². The van der Waals surface area contributed by atoms with Gasteiger partial charge in [0.1, 0.15) is 12.2 Å². The van der Waals surface area contributed by atoms with Gasteiger partial charge in [0.25, 0.3) is 5.97 Å². The third-order valence-corrected chi connectivity index (χ3v) is 0.782. The second kappa shape index (κ2) is 13.4. The fourth-order valence-electron chi connectivity index (χ4n) is 0.258. The van der Waals surface area contributed by atoms with Crippen molar-refractivity contribution >= 4 is 17.9 Å². The van der Waals surface area contributed by atoms with Crippen LogP contribution >= 0.6 is 0 Å². The maximum Gasteiger partial charge on any atom is 1.00 e. The Kier molecular flexibility index (Phi) is 21.1. The van der Waals surface area contributed by atoms with Gasteiger partial charge in [0.05, 0.1) is 11.9 Å². The molecule has 0 aromatic heterocycles. The molecule has 2 unspecified atom stereocenters. The third-order valence-electron chi connectivity index (χ3n) is 0.782. The largest absolute Gasteiger partial charge is 1.00 e. The fraction of sp³-hybridized carbons (Fsp3) is 0.500. The molecule has 8 nitrogen and oxygen atoms in total. The molecule has 0 aliphatic rings. The zero-order chi connectivity index (χ0) is 11.9. The number of carboxylic acid groups (broad SMARTS) is 3. The van der Waals surface area contributed by atoms with Crippen LogP contribution in [0.5, 0.6) is 0 Å². The Morgan fingerprint density at radius 1 is 0.938 bits per heavy atom. The van der Waals surface area contributed by atoms with E-state index in [0.29, 0.717) is 0 Å². The van der Waals surface area contributed by atoms with Gasteiger partial charge in [-0.1, -0.05) is 0 Å². The maximum atomic E-state index is 9.63. The Balaban J connectivity index is -0.000000105. The number of aliphatic hydroxyl groups is 2. The predicted octanol–water partition coefficient (Wildman–Crippen LogP) is -10.7. The summed E-state index contributed by atoms with van der Waals surface area (Å²) < 4.78 is 0. The molecule has 3 N–H and O–H groups in total. The maximum absolute atomic E-state index is 9.63. The first-order chi connectivity index (χ1) is 6.20. The van der Waals surface area contributed by atoms with Gasteiger partial charge in [0.15, 0.2) is 0 Å². The van der Waals surface area contributed by atoms with Crippen LogP contribution < -0.4 is 69.3 Å². The van der Waals surface area contributed by atoms with Crippen molar-refractivity contribution in [2.75, 3.05) is 0 Å². The first-order valence-corrected chi connectivity index (χ1v) is 3.17. The Bertz CT molecular complexity index is 209. The van der Waals surface area contributed by atoms with E-state index in [1.165, 1.54) is 0 Å². The molecule has 0 amide bonds. The Morgan fingerprint density at radius 3 is 1.12 bits per heavy atom. The number of aliphatic carboxylic acids is 3. The minimum Gasteiger partial charge on any atom is -0.547 e. The van der Waals surface area contributed by atoms with E-state index >= 15 is 0 Å². The fourth-order valence-corrected chi connectivity index (χ4v) is 0.258. The molecule has 0 fully saturated rings. The van der Waals surface area contributed by atoms with Crippen molar-refractivity contribution in [3.8, 4) is 0 Å². The number of hydrogen-bond acceptors (Lipinski definition) is 7. The van der Waals surface area contributed by atoms with Gasteiger partial charge in [-0.2, -0.15) is 0 Å². The summed E-state index contributed by atoms with van der Waals surface area (Å²) >= 11 is 0. The molecule has 0 aromatic rings. The molecule has 82 valence electrons. The minimum atomic E-state index is -2.44. The molecule has 10 heteroatoms. The van der Waals surface area contributed by atoms with E-state index in [4.69, 9.17) is 20.1 Å². The summed E-state index contributed by atoms with van der Waals surface area (Å²) in [7, 11) is 0. The molecule has 0 bridgehead atoms. The second-order valence-corrected chi connectivity index (χ2v) is 2.05. The SMILES string of the molecule is CC(=O)O.O=C([O-])C(O)C(O)C(=O)[O-].[Na+].[Na+]. The van der Waals surface area contributed by atoms with Gasteiger partial charge in [-0.05, 0) is 0 Å². The smallest absolute Gasteiger partial charge is 0.547 e.